The van der Waals surface area contributed by atoms with E-state index in [9.17, 15) is 0 Å². The molecule has 252 valence electrons. The molecule has 1 N–H and O–H groups in total. The van der Waals surface area contributed by atoms with Crippen molar-refractivity contribution in [1.82, 2.24) is 5.32 Å². The van der Waals surface area contributed by atoms with Crippen LogP contribution >= 0.6 is 22.7 Å². The molecule has 0 saturated heterocycles. The third-order valence-corrected chi connectivity index (χ3v) is 13.5. The van der Waals surface area contributed by atoms with Gasteiger partial charge in [-0.3, -0.25) is 0 Å². The molecule has 0 amide bonds. The molecular weight excluding hydrogens is 683 g/mol. The van der Waals surface area contributed by atoms with Gasteiger partial charge in [0, 0.05) is 62.4 Å². The predicted molar refractivity (Wildman–Crippen MR) is 227 cm³/mol. The first-order valence-electron chi connectivity index (χ1n) is 18.1. The first-order chi connectivity index (χ1) is 26.0. The predicted octanol–water partition coefficient (Wildman–Crippen LogP) is 12.9. The fraction of sp³-hybridized carbons (Fsp3) is 0.0833. The van der Waals surface area contributed by atoms with Gasteiger partial charge >= 0.3 is 0 Å². The minimum atomic E-state index is -0.356. The molecule has 5 heteroatoms. The standard InChI is InChI=1S/C48H33N3S2/c1-48(2)37-21-8-6-15-31(37)32-26-25-29(27-38(32)48)45-49-46(51-47(50-45)36-20-10-18-34-33-16-7-9-22-39(33)53-44(34)36)35-19-12-24-41-43(35)42-30(17-11-23-40(42)52-41)28-13-4-3-5-14-28/h3-27,46H,1-2H3,(H,49,50,51). The van der Waals surface area contributed by atoms with Crippen molar-refractivity contribution in [3.8, 4) is 22.3 Å². The minimum Gasteiger partial charge on any atom is -0.344 e. The Labute approximate surface area is 315 Å². The van der Waals surface area contributed by atoms with Gasteiger partial charge in [0.2, 0.25) is 0 Å². The summed E-state index contributed by atoms with van der Waals surface area (Å²) in [5, 5.41) is 8.92. The van der Waals surface area contributed by atoms with Gasteiger partial charge in [-0.15, -0.1) is 22.7 Å². The molecule has 1 unspecified atom stereocenters. The molecule has 0 saturated carbocycles. The van der Waals surface area contributed by atoms with Crippen LogP contribution in [0.5, 0.6) is 0 Å². The Balaban J connectivity index is 1.14. The van der Waals surface area contributed by atoms with Crippen LogP contribution < -0.4 is 5.32 Å². The van der Waals surface area contributed by atoms with E-state index in [1.54, 1.807) is 0 Å². The Hall–Kier alpha value is -5.88. The molecule has 0 spiro atoms. The summed E-state index contributed by atoms with van der Waals surface area (Å²) in [5.74, 6) is 1.59. The largest absolute Gasteiger partial charge is 0.344 e. The van der Waals surface area contributed by atoms with Crippen molar-refractivity contribution in [2.24, 2.45) is 9.98 Å². The van der Waals surface area contributed by atoms with Crippen molar-refractivity contribution < 1.29 is 0 Å². The van der Waals surface area contributed by atoms with E-state index in [0.717, 1.165) is 28.4 Å². The number of aliphatic imine (C=N–C) groups is 2. The van der Waals surface area contributed by atoms with Gasteiger partial charge < -0.3 is 5.32 Å². The molecule has 11 rings (SSSR count). The second-order valence-electron chi connectivity index (χ2n) is 14.5. The molecular formula is C48H33N3S2. The number of hydrogen-bond acceptors (Lipinski definition) is 5. The topological polar surface area (TPSA) is 36.8 Å². The van der Waals surface area contributed by atoms with Gasteiger partial charge in [0.1, 0.15) is 12.0 Å². The Morgan fingerprint density at radius 2 is 1.21 bits per heavy atom. The maximum atomic E-state index is 5.52. The van der Waals surface area contributed by atoms with Gasteiger partial charge in [-0.2, -0.15) is 0 Å². The van der Waals surface area contributed by atoms with Crippen LogP contribution in [0.15, 0.2) is 162 Å². The lowest BCUT2D eigenvalue weighted by molar-refractivity contribution is 0.659. The van der Waals surface area contributed by atoms with Gasteiger partial charge in [-0.25, -0.2) is 9.98 Å². The Kier molecular flexibility index (Phi) is 6.70. The van der Waals surface area contributed by atoms with Crippen molar-refractivity contribution in [2.45, 2.75) is 25.4 Å². The summed E-state index contributed by atoms with van der Waals surface area (Å²) in [6.45, 7) is 4.67. The summed E-state index contributed by atoms with van der Waals surface area (Å²) in [4.78, 5) is 10.9. The smallest absolute Gasteiger partial charge is 0.160 e. The zero-order valence-electron chi connectivity index (χ0n) is 29.2. The summed E-state index contributed by atoms with van der Waals surface area (Å²) >= 11 is 3.67. The summed E-state index contributed by atoms with van der Waals surface area (Å²) in [6.07, 6.45) is -0.356. The second kappa shape index (κ2) is 11.6. The highest BCUT2D eigenvalue weighted by molar-refractivity contribution is 7.26. The van der Waals surface area contributed by atoms with E-state index < -0.39 is 0 Å². The third-order valence-electron chi connectivity index (χ3n) is 11.2. The van der Waals surface area contributed by atoms with Crippen molar-refractivity contribution in [3.63, 3.8) is 0 Å². The van der Waals surface area contributed by atoms with Gasteiger partial charge in [0.05, 0.1) is 0 Å². The fourth-order valence-corrected chi connectivity index (χ4v) is 11.0. The number of hydrogen-bond donors (Lipinski definition) is 1. The van der Waals surface area contributed by atoms with E-state index in [1.807, 2.05) is 22.7 Å². The van der Waals surface area contributed by atoms with Gasteiger partial charge in [-0.1, -0.05) is 135 Å². The first kappa shape index (κ1) is 30.7. The number of nitrogens with zero attached hydrogens (tertiary/aromatic N) is 2. The normalized spacial score (nSPS) is 16.1. The summed E-state index contributed by atoms with van der Waals surface area (Å²) in [7, 11) is 0. The molecule has 1 aliphatic carbocycles. The molecule has 3 nitrogen and oxygen atoms in total. The van der Waals surface area contributed by atoms with E-state index in [0.29, 0.717) is 0 Å². The van der Waals surface area contributed by atoms with Crippen molar-refractivity contribution in [3.05, 3.63) is 179 Å². The maximum Gasteiger partial charge on any atom is 0.160 e. The van der Waals surface area contributed by atoms with Gasteiger partial charge in [0.25, 0.3) is 0 Å². The van der Waals surface area contributed by atoms with E-state index in [-0.39, 0.29) is 11.6 Å². The zero-order chi connectivity index (χ0) is 35.3. The lowest BCUT2D eigenvalue weighted by Gasteiger charge is -2.26. The van der Waals surface area contributed by atoms with Crippen LogP contribution in [0.2, 0.25) is 0 Å². The number of thiophene rings is 2. The van der Waals surface area contributed by atoms with Gasteiger partial charge in [0.15, 0.2) is 5.84 Å². The Bertz CT molecular complexity index is 3020. The highest BCUT2D eigenvalue weighted by Crippen LogP contribution is 2.49. The highest BCUT2D eigenvalue weighted by Gasteiger charge is 2.36. The van der Waals surface area contributed by atoms with Crippen molar-refractivity contribution in [2.75, 3.05) is 0 Å². The fourth-order valence-electron chi connectivity index (χ4n) is 8.63. The lowest BCUT2D eigenvalue weighted by Crippen LogP contribution is -2.34. The quantitative estimate of drug-likeness (QED) is 0.193. The van der Waals surface area contributed by atoms with Crippen LogP contribution in [0, 0.1) is 0 Å². The Morgan fingerprint density at radius 3 is 2.11 bits per heavy atom. The average Bonchev–Trinajstić information content (AvgIpc) is 3.86. The third kappa shape index (κ3) is 4.64. The molecule has 0 fully saturated rings. The van der Waals surface area contributed by atoms with E-state index >= 15 is 0 Å². The number of benzene rings is 7. The summed E-state index contributed by atoms with van der Waals surface area (Å²) in [6, 6.07) is 55.0. The van der Waals surface area contributed by atoms with Crippen LogP contribution in [-0.4, -0.2) is 11.7 Å². The van der Waals surface area contributed by atoms with Crippen LogP contribution in [0.25, 0.3) is 62.6 Å². The molecule has 53 heavy (non-hydrogen) atoms. The van der Waals surface area contributed by atoms with Crippen LogP contribution in [0.3, 0.4) is 0 Å². The SMILES string of the molecule is CC1(C)c2ccccc2-c2ccc(C3=NC(c4cccc5c4sc4ccccc45)=NC(c4cccc5sc6cccc(-c7ccccc7)c6c45)N3)cc21. The molecule has 7 aromatic carbocycles. The molecule has 2 aliphatic rings. The monoisotopic (exact) mass is 715 g/mol. The molecule has 0 radical (unpaired) electrons. The number of nitrogens with one attached hydrogen (secondary N) is 1. The van der Waals surface area contributed by atoms with E-state index in [4.69, 9.17) is 9.98 Å². The molecule has 1 aliphatic heterocycles. The molecule has 2 aromatic heterocycles. The van der Waals surface area contributed by atoms with Crippen LogP contribution in [-0.2, 0) is 5.41 Å². The summed E-state index contributed by atoms with van der Waals surface area (Å²) in [5.41, 5.74) is 10.9. The van der Waals surface area contributed by atoms with Crippen LogP contribution in [0.4, 0.5) is 0 Å². The minimum absolute atomic E-state index is 0.120. The number of amidine groups is 2. The van der Waals surface area contributed by atoms with Crippen LogP contribution in [0.1, 0.15) is 47.8 Å². The summed E-state index contributed by atoms with van der Waals surface area (Å²) < 4.78 is 5.02. The molecule has 0 bridgehead atoms. The molecule has 3 heterocycles. The van der Waals surface area contributed by atoms with Gasteiger partial charge in [-0.05, 0) is 63.7 Å². The number of fused-ring (bicyclic) bond motifs is 9. The lowest BCUT2D eigenvalue weighted by atomic mass is 9.82. The number of rotatable bonds is 4. The van der Waals surface area contributed by atoms with Crippen molar-refractivity contribution in [1.29, 1.82) is 0 Å². The molecule has 9 aromatic rings. The second-order valence-corrected chi connectivity index (χ2v) is 16.7. The molecule has 1 atom stereocenters. The first-order valence-corrected chi connectivity index (χ1v) is 19.7. The van der Waals surface area contributed by atoms with E-state index in [2.05, 4.69) is 171 Å². The average molecular weight is 716 g/mol. The van der Waals surface area contributed by atoms with Crippen molar-refractivity contribution >= 4 is 74.7 Å². The highest BCUT2D eigenvalue weighted by atomic mass is 32.1. The van der Waals surface area contributed by atoms with E-state index in [1.165, 1.54) is 73.7 Å². The maximum absolute atomic E-state index is 5.52. The Morgan fingerprint density at radius 1 is 0.528 bits per heavy atom. The zero-order valence-corrected chi connectivity index (χ0v) is 30.9.